The standard InChI is InChI=1S/C23H29N5O3/c1-23(2,3)30-22(29)27-10-8-16(9-11-27)21-25-20(26-31-21)17-6-7-18-13-24-28(19(18)12-17)14-15-4-5-15/h6-7,12-13,15-16H,4-5,8-11,14H2,1-3H3. The van der Waals surface area contributed by atoms with E-state index in [0.29, 0.717) is 24.8 Å². The van der Waals surface area contributed by atoms with Crippen LogP contribution in [0, 0.1) is 5.92 Å². The van der Waals surface area contributed by atoms with Gasteiger partial charge in [-0.2, -0.15) is 10.1 Å². The van der Waals surface area contributed by atoms with E-state index in [4.69, 9.17) is 9.26 Å². The second kappa shape index (κ2) is 7.66. The van der Waals surface area contributed by atoms with Gasteiger partial charge >= 0.3 is 6.09 Å². The van der Waals surface area contributed by atoms with Gasteiger partial charge in [-0.15, -0.1) is 0 Å². The normalized spacial score (nSPS) is 18.0. The van der Waals surface area contributed by atoms with E-state index in [-0.39, 0.29) is 12.0 Å². The van der Waals surface area contributed by atoms with E-state index in [0.717, 1.165) is 41.8 Å². The average Bonchev–Trinajstić information content (AvgIpc) is 3.26. The Bertz CT molecular complexity index is 1080. The maximum Gasteiger partial charge on any atom is 0.410 e. The van der Waals surface area contributed by atoms with Gasteiger partial charge in [0.2, 0.25) is 11.7 Å². The third-order valence-corrected chi connectivity index (χ3v) is 5.97. The molecule has 31 heavy (non-hydrogen) atoms. The van der Waals surface area contributed by atoms with E-state index in [1.807, 2.05) is 33.0 Å². The number of hydrogen-bond donors (Lipinski definition) is 0. The SMILES string of the molecule is CC(C)(C)OC(=O)N1CCC(c2nc(-c3ccc4cnn(CC5CC5)c4c3)no2)CC1. The quantitative estimate of drug-likeness (QED) is 0.609. The van der Waals surface area contributed by atoms with Crippen LogP contribution in [0.15, 0.2) is 28.9 Å². The Hall–Kier alpha value is -2.90. The molecule has 8 nitrogen and oxygen atoms in total. The molecule has 1 aliphatic heterocycles. The predicted molar refractivity (Wildman–Crippen MR) is 116 cm³/mol. The maximum absolute atomic E-state index is 12.3. The molecule has 1 aliphatic carbocycles. The van der Waals surface area contributed by atoms with Crippen molar-refractivity contribution in [3.8, 4) is 11.4 Å². The topological polar surface area (TPSA) is 86.3 Å². The van der Waals surface area contributed by atoms with E-state index in [1.54, 1.807) is 4.90 Å². The Morgan fingerprint density at radius 2 is 1.97 bits per heavy atom. The molecule has 0 N–H and O–H groups in total. The molecule has 164 valence electrons. The Morgan fingerprint density at radius 1 is 1.19 bits per heavy atom. The van der Waals surface area contributed by atoms with Crippen LogP contribution >= 0.6 is 0 Å². The summed E-state index contributed by atoms with van der Waals surface area (Å²) in [5, 5.41) is 9.91. The summed E-state index contributed by atoms with van der Waals surface area (Å²) in [5.41, 5.74) is 1.57. The van der Waals surface area contributed by atoms with Crippen molar-refractivity contribution in [1.82, 2.24) is 24.8 Å². The lowest BCUT2D eigenvalue weighted by Crippen LogP contribution is -2.41. The molecule has 5 rings (SSSR count). The number of aromatic nitrogens is 4. The van der Waals surface area contributed by atoms with Gasteiger partial charge in [-0.1, -0.05) is 17.3 Å². The number of likely N-dealkylation sites (tertiary alicyclic amines) is 1. The molecule has 0 spiro atoms. The fourth-order valence-electron chi connectivity index (χ4n) is 4.05. The molecular formula is C23H29N5O3. The molecule has 3 aromatic rings. The first-order chi connectivity index (χ1) is 14.9. The summed E-state index contributed by atoms with van der Waals surface area (Å²) in [5.74, 6) is 2.16. The van der Waals surface area contributed by atoms with Crippen molar-refractivity contribution in [3.63, 3.8) is 0 Å². The average molecular weight is 424 g/mol. The number of carbonyl (C=O) groups excluding carboxylic acids is 1. The van der Waals surface area contributed by atoms with Crippen LogP contribution in [0.1, 0.15) is 58.3 Å². The molecule has 8 heteroatoms. The van der Waals surface area contributed by atoms with Gasteiger partial charge in [-0.25, -0.2) is 4.79 Å². The number of carbonyl (C=O) groups is 1. The van der Waals surface area contributed by atoms with Crippen molar-refractivity contribution in [3.05, 3.63) is 30.3 Å². The van der Waals surface area contributed by atoms with E-state index in [9.17, 15) is 4.79 Å². The minimum absolute atomic E-state index is 0.157. The Balaban J connectivity index is 1.27. The second-order valence-electron chi connectivity index (χ2n) is 9.74. The fraction of sp³-hybridized carbons (Fsp3) is 0.565. The van der Waals surface area contributed by atoms with Crippen LogP contribution in [-0.4, -0.2) is 49.6 Å². The lowest BCUT2D eigenvalue weighted by Gasteiger charge is -2.32. The molecule has 1 amide bonds. The number of piperidine rings is 1. The molecule has 1 saturated carbocycles. The lowest BCUT2D eigenvalue weighted by atomic mass is 9.97. The van der Waals surface area contributed by atoms with Crippen molar-refractivity contribution in [2.75, 3.05) is 13.1 Å². The second-order valence-corrected chi connectivity index (χ2v) is 9.74. The zero-order chi connectivity index (χ0) is 21.6. The molecule has 1 saturated heterocycles. The molecule has 1 aromatic carbocycles. The van der Waals surface area contributed by atoms with Crippen LogP contribution in [0.4, 0.5) is 4.79 Å². The number of rotatable bonds is 4. The molecule has 0 bridgehead atoms. The van der Waals surface area contributed by atoms with Gasteiger partial charge in [0.25, 0.3) is 0 Å². The minimum atomic E-state index is -0.482. The summed E-state index contributed by atoms with van der Waals surface area (Å²) in [7, 11) is 0. The Morgan fingerprint density at radius 3 is 2.68 bits per heavy atom. The van der Waals surface area contributed by atoms with Crippen LogP contribution in [0.25, 0.3) is 22.3 Å². The third-order valence-electron chi connectivity index (χ3n) is 5.97. The summed E-state index contributed by atoms with van der Waals surface area (Å²) < 4.78 is 13.2. The molecule has 2 fully saturated rings. The van der Waals surface area contributed by atoms with Crippen molar-refractivity contribution >= 4 is 17.0 Å². The zero-order valence-corrected chi connectivity index (χ0v) is 18.4. The number of ether oxygens (including phenoxy) is 1. The van der Waals surface area contributed by atoms with Gasteiger partial charge in [0.1, 0.15) is 5.60 Å². The highest BCUT2D eigenvalue weighted by Crippen LogP contribution is 2.33. The van der Waals surface area contributed by atoms with E-state index >= 15 is 0 Å². The number of hydrogen-bond acceptors (Lipinski definition) is 6. The summed E-state index contributed by atoms with van der Waals surface area (Å²) in [6.07, 6.45) is 5.82. The van der Waals surface area contributed by atoms with Crippen molar-refractivity contribution in [1.29, 1.82) is 0 Å². The van der Waals surface area contributed by atoms with Crippen LogP contribution < -0.4 is 0 Å². The van der Waals surface area contributed by atoms with E-state index in [2.05, 4.69) is 32.1 Å². The number of fused-ring (bicyclic) bond motifs is 1. The first-order valence-corrected chi connectivity index (χ1v) is 11.1. The summed E-state index contributed by atoms with van der Waals surface area (Å²) in [4.78, 5) is 18.7. The van der Waals surface area contributed by atoms with Gasteiger partial charge < -0.3 is 14.2 Å². The van der Waals surface area contributed by atoms with E-state index in [1.165, 1.54) is 12.8 Å². The maximum atomic E-state index is 12.3. The number of amides is 1. The minimum Gasteiger partial charge on any atom is -0.444 e. The molecule has 2 aromatic heterocycles. The molecule has 2 aliphatic rings. The molecule has 0 atom stereocenters. The van der Waals surface area contributed by atoms with Gasteiger partial charge in [-0.05, 0) is 58.4 Å². The number of benzene rings is 1. The molecule has 3 heterocycles. The highest BCUT2D eigenvalue weighted by atomic mass is 16.6. The van der Waals surface area contributed by atoms with Crippen LogP contribution in [-0.2, 0) is 11.3 Å². The van der Waals surface area contributed by atoms with Crippen molar-refractivity contribution in [2.45, 2.75) is 64.5 Å². The molecule has 0 radical (unpaired) electrons. The first-order valence-electron chi connectivity index (χ1n) is 11.1. The van der Waals surface area contributed by atoms with Crippen LogP contribution in [0.3, 0.4) is 0 Å². The first kappa shape index (κ1) is 20.0. The van der Waals surface area contributed by atoms with Crippen LogP contribution in [0.2, 0.25) is 0 Å². The van der Waals surface area contributed by atoms with Crippen molar-refractivity contribution < 1.29 is 14.1 Å². The van der Waals surface area contributed by atoms with Gasteiger partial charge in [0.05, 0.1) is 11.7 Å². The smallest absolute Gasteiger partial charge is 0.410 e. The number of nitrogens with zero attached hydrogens (tertiary/aromatic N) is 5. The highest BCUT2D eigenvalue weighted by Gasteiger charge is 2.30. The summed E-state index contributed by atoms with van der Waals surface area (Å²) >= 11 is 0. The third kappa shape index (κ3) is 4.43. The largest absolute Gasteiger partial charge is 0.444 e. The summed E-state index contributed by atoms with van der Waals surface area (Å²) in [6, 6.07) is 6.19. The Kier molecular flexibility index (Phi) is 4.95. The van der Waals surface area contributed by atoms with E-state index < -0.39 is 5.60 Å². The highest BCUT2D eigenvalue weighted by molar-refractivity contribution is 5.83. The predicted octanol–water partition coefficient (Wildman–Crippen LogP) is 4.61. The monoisotopic (exact) mass is 423 g/mol. The van der Waals surface area contributed by atoms with Crippen LogP contribution in [0.5, 0.6) is 0 Å². The fourth-order valence-corrected chi connectivity index (χ4v) is 4.05. The van der Waals surface area contributed by atoms with Gasteiger partial charge in [0, 0.05) is 36.5 Å². The Labute approximate surface area is 181 Å². The lowest BCUT2D eigenvalue weighted by molar-refractivity contribution is 0.0198. The zero-order valence-electron chi connectivity index (χ0n) is 18.4. The molecular weight excluding hydrogens is 394 g/mol. The van der Waals surface area contributed by atoms with Gasteiger partial charge in [-0.3, -0.25) is 4.68 Å². The van der Waals surface area contributed by atoms with Gasteiger partial charge in [0.15, 0.2) is 0 Å². The summed E-state index contributed by atoms with van der Waals surface area (Å²) in [6.45, 7) is 7.88. The molecule has 0 unspecified atom stereocenters. The van der Waals surface area contributed by atoms with Crippen molar-refractivity contribution in [2.24, 2.45) is 5.92 Å².